The number of hydrogen-bond donors (Lipinski definition) is 1. The highest BCUT2D eigenvalue weighted by molar-refractivity contribution is 5.83. The Morgan fingerprint density at radius 3 is 2.14 bits per heavy atom. The third-order valence-electron chi connectivity index (χ3n) is 5.40. The van der Waals surface area contributed by atoms with Crippen LogP contribution in [0.15, 0.2) is 0 Å². The highest BCUT2D eigenvalue weighted by Gasteiger charge is 2.31. The fraction of sp³-hybridized carbons (Fsp3) is 0.882. The van der Waals surface area contributed by atoms with E-state index in [0.29, 0.717) is 32.1 Å². The van der Waals surface area contributed by atoms with Crippen molar-refractivity contribution >= 4 is 11.8 Å². The molecule has 1 saturated heterocycles. The first kappa shape index (κ1) is 17.3. The molecule has 2 aliphatic rings. The van der Waals surface area contributed by atoms with Gasteiger partial charge in [-0.1, -0.05) is 39.5 Å². The van der Waals surface area contributed by atoms with E-state index in [1.54, 1.807) is 0 Å². The van der Waals surface area contributed by atoms with Crippen molar-refractivity contribution in [1.82, 2.24) is 9.80 Å². The van der Waals surface area contributed by atoms with Gasteiger partial charge in [0.2, 0.25) is 11.8 Å². The van der Waals surface area contributed by atoms with Gasteiger partial charge >= 0.3 is 0 Å². The maximum Gasteiger partial charge on any atom is 0.239 e. The number of piperazine rings is 1. The molecule has 126 valence electrons. The Morgan fingerprint density at radius 2 is 1.59 bits per heavy atom. The first-order valence-corrected chi connectivity index (χ1v) is 8.87. The van der Waals surface area contributed by atoms with Crippen LogP contribution in [0.2, 0.25) is 0 Å². The van der Waals surface area contributed by atoms with E-state index >= 15 is 0 Å². The molecule has 2 amide bonds. The average molecular weight is 309 g/mol. The van der Waals surface area contributed by atoms with Gasteiger partial charge in [-0.2, -0.15) is 0 Å². The van der Waals surface area contributed by atoms with Crippen molar-refractivity contribution in [3.8, 4) is 0 Å². The van der Waals surface area contributed by atoms with Gasteiger partial charge in [-0.25, -0.2) is 0 Å². The minimum Gasteiger partial charge on any atom is -0.339 e. The smallest absolute Gasteiger partial charge is 0.239 e. The minimum atomic E-state index is -0.411. The molecule has 0 radical (unpaired) electrons. The number of amides is 2. The minimum absolute atomic E-state index is 0.0408. The lowest BCUT2D eigenvalue weighted by Gasteiger charge is -2.38. The van der Waals surface area contributed by atoms with E-state index in [0.717, 1.165) is 19.3 Å². The summed E-state index contributed by atoms with van der Waals surface area (Å²) >= 11 is 0. The Kier molecular flexibility index (Phi) is 6.24. The molecule has 22 heavy (non-hydrogen) atoms. The summed E-state index contributed by atoms with van der Waals surface area (Å²) in [5, 5.41) is 0. The van der Waals surface area contributed by atoms with Crippen molar-refractivity contribution in [2.24, 2.45) is 17.6 Å². The molecule has 1 aliphatic heterocycles. The molecule has 0 bridgehead atoms. The molecule has 0 aromatic rings. The zero-order valence-electron chi connectivity index (χ0n) is 14.1. The molecule has 2 fully saturated rings. The van der Waals surface area contributed by atoms with Crippen LogP contribution in [0.4, 0.5) is 0 Å². The van der Waals surface area contributed by atoms with Gasteiger partial charge < -0.3 is 15.5 Å². The van der Waals surface area contributed by atoms with Crippen LogP contribution < -0.4 is 5.73 Å². The van der Waals surface area contributed by atoms with Gasteiger partial charge in [0.25, 0.3) is 0 Å². The Morgan fingerprint density at radius 1 is 1.05 bits per heavy atom. The van der Waals surface area contributed by atoms with Gasteiger partial charge in [-0.15, -0.1) is 0 Å². The summed E-state index contributed by atoms with van der Waals surface area (Å²) in [5.41, 5.74) is 6.04. The van der Waals surface area contributed by atoms with E-state index in [2.05, 4.69) is 6.92 Å². The van der Waals surface area contributed by atoms with Crippen molar-refractivity contribution in [3.63, 3.8) is 0 Å². The highest BCUT2D eigenvalue weighted by Crippen LogP contribution is 2.26. The monoisotopic (exact) mass is 309 g/mol. The van der Waals surface area contributed by atoms with Crippen LogP contribution >= 0.6 is 0 Å². The van der Waals surface area contributed by atoms with Gasteiger partial charge in [0, 0.05) is 32.1 Å². The molecule has 0 unspecified atom stereocenters. The third-order valence-corrected chi connectivity index (χ3v) is 5.40. The van der Waals surface area contributed by atoms with Crippen LogP contribution in [-0.2, 0) is 9.59 Å². The molecule has 0 aromatic heterocycles. The summed E-state index contributed by atoms with van der Waals surface area (Å²) in [6.07, 6.45) is 6.61. The number of carbonyl (C=O) groups is 2. The third kappa shape index (κ3) is 4.00. The molecule has 1 saturated carbocycles. The van der Waals surface area contributed by atoms with E-state index < -0.39 is 6.04 Å². The first-order valence-electron chi connectivity index (χ1n) is 8.87. The van der Waals surface area contributed by atoms with Crippen LogP contribution in [0.3, 0.4) is 0 Å². The first-order chi connectivity index (χ1) is 10.5. The van der Waals surface area contributed by atoms with Gasteiger partial charge in [-0.05, 0) is 18.8 Å². The van der Waals surface area contributed by atoms with Gasteiger partial charge in [0.1, 0.15) is 0 Å². The Balaban J connectivity index is 1.82. The molecule has 1 heterocycles. The summed E-state index contributed by atoms with van der Waals surface area (Å²) in [5.74, 6) is 0.768. The lowest BCUT2D eigenvalue weighted by Crippen LogP contribution is -2.56. The summed E-state index contributed by atoms with van der Waals surface area (Å²) in [6, 6.07) is -0.411. The summed E-state index contributed by atoms with van der Waals surface area (Å²) in [4.78, 5) is 28.7. The largest absolute Gasteiger partial charge is 0.339 e. The number of rotatable bonds is 4. The standard InChI is InChI=1S/C17H31N3O2/c1-3-13(2)15(18)17(22)20-11-9-19(10-12-20)16(21)14-7-5-4-6-8-14/h13-15H,3-12,18H2,1-2H3/t13-,15+/m1/s1. The summed E-state index contributed by atoms with van der Waals surface area (Å²) < 4.78 is 0. The van der Waals surface area contributed by atoms with Crippen LogP contribution in [0.1, 0.15) is 52.4 Å². The average Bonchev–Trinajstić information content (AvgIpc) is 2.60. The number of nitrogens with zero attached hydrogens (tertiary/aromatic N) is 2. The van der Waals surface area contributed by atoms with Crippen molar-refractivity contribution < 1.29 is 9.59 Å². The molecule has 2 atom stereocenters. The van der Waals surface area contributed by atoms with Crippen LogP contribution in [-0.4, -0.2) is 53.8 Å². The Labute approximate surface area is 134 Å². The lowest BCUT2D eigenvalue weighted by atomic mass is 9.88. The maximum atomic E-state index is 12.5. The zero-order chi connectivity index (χ0) is 16.1. The molecule has 0 spiro atoms. The van der Waals surface area contributed by atoms with Gasteiger partial charge in [-0.3, -0.25) is 9.59 Å². The second kappa shape index (κ2) is 7.95. The van der Waals surface area contributed by atoms with E-state index in [4.69, 9.17) is 5.73 Å². The normalized spacial score (nSPS) is 23.2. The fourth-order valence-corrected chi connectivity index (χ4v) is 3.46. The van der Waals surface area contributed by atoms with Crippen LogP contribution in [0.25, 0.3) is 0 Å². The molecule has 2 rings (SSSR count). The quantitative estimate of drug-likeness (QED) is 0.858. The van der Waals surface area contributed by atoms with E-state index in [1.165, 1.54) is 19.3 Å². The molecular formula is C17H31N3O2. The molecule has 2 N–H and O–H groups in total. The van der Waals surface area contributed by atoms with E-state index in [1.807, 2.05) is 16.7 Å². The van der Waals surface area contributed by atoms with Gasteiger partial charge in [0.05, 0.1) is 6.04 Å². The van der Waals surface area contributed by atoms with Crippen molar-refractivity contribution in [3.05, 3.63) is 0 Å². The van der Waals surface area contributed by atoms with Crippen molar-refractivity contribution in [1.29, 1.82) is 0 Å². The lowest BCUT2D eigenvalue weighted by molar-refractivity contribution is -0.143. The number of hydrogen-bond acceptors (Lipinski definition) is 3. The van der Waals surface area contributed by atoms with E-state index in [-0.39, 0.29) is 17.7 Å². The predicted octanol–water partition coefficient (Wildman–Crippen LogP) is 1.61. The Hall–Kier alpha value is -1.10. The number of carbonyl (C=O) groups excluding carboxylic acids is 2. The van der Waals surface area contributed by atoms with Crippen LogP contribution in [0, 0.1) is 11.8 Å². The second-order valence-electron chi connectivity index (χ2n) is 6.90. The summed E-state index contributed by atoms with van der Waals surface area (Å²) in [7, 11) is 0. The predicted molar refractivity (Wildman–Crippen MR) is 87.2 cm³/mol. The van der Waals surface area contributed by atoms with Crippen LogP contribution in [0.5, 0.6) is 0 Å². The highest BCUT2D eigenvalue weighted by atomic mass is 16.2. The molecule has 1 aliphatic carbocycles. The SMILES string of the molecule is CC[C@@H](C)[C@H](N)C(=O)N1CCN(C(=O)C2CCCCC2)CC1. The van der Waals surface area contributed by atoms with E-state index in [9.17, 15) is 9.59 Å². The summed E-state index contributed by atoms with van der Waals surface area (Å²) in [6.45, 7) is 6.65. The molecule has 0 aromatic carbocycles. The maximum absolute atomic E-state index is 12.5. The molecule has 5 heteroatoms. The molecular weight excluding hydrogens is 278 g/mol. The van der Waals surface area contributed by atoms with Crippen molar-refractivity contribution in [2.75, 3.05) is 26.2 Å². The topological polar surface area (TPSA) is 66.6 Å². The zero-order valence-corrected chi connectivity index (χ0v) is 14.1. The second-order valence-corrected chi connectivity index (χ2v) is 6.90. The van der Waals surface area contributed by atoms with Gasteiger partial charge in [0.15, 0.2) is 0 Å². The molecule has 5 nitrogen and oxygen atoms in total. The Bertz CT molecular complexity index is 363. The van der Waals surface area contributed by atoms with Crippen molar-refractivity contribution in [2.45, 2.75) is 58.4 Å². The number of nitrogens with two attached hydrogens (primary N) is 1. The fourth-order valence-electron chi connectivity index (χ4n) is 3.46.